The highest BCUT2D eigenvalue weighted by Crippen LogP contribution is 2.20. The third-order valence-electron chi connectivity index (χ3n) is 2.92. The van der Waals surface area contributed by atoms with Crippen molar-refractivity contribution in [2.75, 3.05) is 20.3 Å². The van der Waals surface area contributed by atoms with E-state index in [1.807, 2.05) is 22.0 Å². The number of methoxy groups -OCH3 is 1. The van der Waals surface area contributed by atoms with Crippen LogP contribution < -0.4 is 5.32 Å². The quantitative estimate of drug-likeness (QED) is 0.670. The number of hydrogen-bond acceptors (Lipinski definition) is 7. The van der Waals surface area contributed by atoms with Gasteiger partial charge >= 0.3 is 0 Å². The van der Waals surface area contributed by atoms with Crippen molar-refractivity contribution in [3.8, 4) is 11.9 Å². The fourth-order valence-electron chi connectivity index (χ4n) is 1.97. The van der Waals surface area contributed by atoms with Gasteiger partial charge in [0.2, 0.25) is 0 Å². The summed E-state index contributed by atoms with van der Waals surface area (Å²) in [7, 11) is 1.67. The molecule has 0 fully saturated rings. The largest absolute Gasteiger partial charge is 0.383 e. The zero-order chi connectivity index (χ0) is 14.7. The Morgan fingerprint density at radius 3 is 3.19 bits per heavy atom. The second-order valence-corrected chi connectivity index (χ2v) is 5.10. The molecule has 0 amide bonds. The third-order valence-corrected chi connectivity index (χ3v) is 3.68. The highest BCUT2D eigenvalue weighted by atomic mass is 32.1. The lowest BCUT2D eigenvalue weighted by Gasteiger charge is -2.05. The van der Waals surface area contributed by atoms with E-state index in [-0.39, 0.29) is 5.82 Å². The summed E-state index contributed by atoms with van der Waals surface area (Å²) >= 11 is 1.55. The number of ether oxygens (including phenoxy) is 1. The Hall–Kier alpha value is -2.28. The molecule has 0 aliphatic carbocycles. The van der Waals surface area contributed by atoms with Gasteiger partial charge < -0.3 is 10.1 Å². The minimum Gasteiger partial charge on any atom is -0.383 e. The molecule has 0 saturated heterocycles. The summed E-state index contributed by atoms with van der Waals surface area (Å²) in [5.74, 6) is 0.811. The first-order valence-electron chi connectivity index (χ1n) is 6.29. The Morgan fingerprint density at radius 1 is 1.52 bits per heavy atom. The van der Waals surface area contributed by atoms with E-state index in [2.05, 4.69) is 20.4 Å². The van der Waals surface area contributed by atoms with Crippen molar-refractivity contribution in [3.63, 3.8) is 0 Å². The van der Waals surface area contributed by atoms with Gasteiger partial charge in [0.1, 0.15) is 12.4 Å². The standard InChI is InChI=1S/C12H13N7OS/c1-20-4-2-14-7-9-11(16-12-18(9)3-5-21-12)19-8-15-10(6-13)17-19/h3,5,8,14H,2,4,7H2,1H3. The number of nitriles is 1. The summed E-state index contributed by atoms with van der Waals surface area (Å²) in [6.07, 6.45) is 3.47. The molecular weight excluding hydrogens is 290 g/mol. The van der Waals surface area contributed by atoms with Crippen molar-refractivity contribution < 1.29 is 4.74 Å². The fraction of sp³-hybridized carbons (Fsp3) is 0.333. The molecule has 3 aromatic rings. The molecule has 0 aliphatic rings. The van der Waals surface area contributed by atoms with Gasteiger partial charge in [-0.2, -0.15) is 14.9 Å². The number of imidazole rings is 1. The minimum atomic E-state index is 0.129. The van der Waals surface area contributed by atoms with E-state index in [0.717, 1.165) is 17.2 Å². The predicted octanol–water partition coefficient (Wildman–Crippen LogP) is 0.584. The number of nitrogens with one attached hydrogen (secondary N) is 1. The highest BCUT2D eigenvalue weighted by molar-refractivity contribution is 7.15. The lowest BCUT2D eigenvalue weighted by molar-refractivity contribution is 0.199. The van der Waals surface area contributed by atoms with Crippen LogP contribution in [0.1, 0.15) is 11.5 Å². The first kappa shape index (κ1) is 13.7. The van der Waals surface area contributed by atoms with Crippen LogP contribution in [0.4, 0.5) is 0 Å². The lowest BCUT2D eigenvalue weighted by Crippen LogP contribution is -2.20. The van der Waals surface area contributed by atoms with Crippen molar-refractivity contribution in [2.24, 2.45) is 0 Å². The molecule has 3 heterocycles. The smallest absolute Gasteiger partial charge is 0.252 e. The van der Waals surface area contributed by atoms with E-state index < -0.39 is 0 Å². The van der Waals surface area contributed by atoms with Crippen LogP contribution in [0.3, 0.4) is 0 Å². The average Bonchev–Trinajstić information content (AvgIpc) is 3.19. The summed E-state index contributed by atoms with van der Waals surface area (Å²) in [6, 6.07) is 1.92. The number of thiazole rings is 1. The molecule has 0 spiro atoms. The second kappa shape index (κ2) is 6.01. The zero-order valence-corrected chi connectivity index (χ0v) is 12.2. The van der Waals surface area contributed by atoms with Gasteiger partial charge in [0.05, 0.1) is 12.3 Å². The average molecular weight is 303 g/mol. The molecule has 0 atom stereocenters. The van der Waals surface area contributed by atoms with Crippen molar-refractivity contribution >= 4 is 16.3 Å². The van der Waals surface area contributed by atoms with Crippen molar-refractivity contribution in [1.82, 2.24) is 29.5 Å². The Labute approximate surface area is 124 Å². The van der Waals surface area contributed by atoms with Crippen LogP contribution in [0.5, 0.6) is 0 Å². The monoisotopic (exact) mass is 303 g/mol. The van der Waals surface area contributed by atoms with Gasteiger partial charge in [-0.1, -0.05) is 0 Å². The number of nitrogens with zero attached hydrogens (tertiary/aromatic N) is 6. The molecule has 0 unspecified atom stereocenters. The molecule has 0 aliphatic heterocycles. The van der Waals surface area contributed by atoms with E-state index in [0.29, 0.717) is 19.0 Å². The molecule has 0 aromatic carbocycles. The highest BCUT2D eigenvalue weighted by Gasteiger charge is 2.16. The van der Waals surface area contributed by atoms with E-state index in [1.165, 1.54) is 11.0 Å². The molecule has 3 rings (SSSR count). The SMILES string of the molecule is COCCNCc1c(-n2cnc(C#N)n2)nc2sccn12. The predicted molar refractivity (Wildman–Crippen MR) is 76.3 cm³/mol. The maximum atomic E-state index is 8.83. The Bertz CT molecular complexity index is 781. The van der Waals surface area contributed by atoms with Crippen molar-refractivity contribution in [2.45, 2.75) is 6.54 Å². The summed E-state index contributed by atoms with van der Waals surface area (Å²) in [4.78, 5) is 9.35. The van der Waals surface area contributed by atoms with Gasteiger partial charge in [0.25, 0.3) is 5.82 Å². The van der Waals surface area contributed by atoms with Crippen LogP contribution in [0.2, 0.25) is 0 Å². The Kier molecular flexibility index (Phi) is 3.92. The van der Waals surface area contributed by atoms with E-state index in [1.54, 1.807) is 18.4 Å². The molecular formula is C12H13N7OS. The second-order valence-electron chi connectivity index (χ2n) is 4.23. The first-order chi connectivity index (χ1) is 10.3. The third kappa shape index (κ3) is 2.64. The molecule has 1 N–H and O–H groups in total. The molecule has 3 aromatic heterocycles. The topological polar surface area (TPSA) is 93.1 Å². The van der Waals surface area contributed by atoms with Gasteiger partial charge in [-0.15, -0.1) is 16.4 Å². The fourth-order valence-corrected chi connectivity index (χ4v) is 2.69. The maximum absolute atomic E-state index is 8.83. The summed E-state index contributed by atoms with van der Waals surface area (Å²) in [6.45, 7) is 2.01. The molecule has 8 nitrogen and oxygen atoms in total. The van der Waals surface area contributed by atoms with E-state index in [4.69, 9.17) is 10.00 Å². The van der Waals surface area contributed by atoms with Gasteiger partial charge in [-0.3, -0.25) is 4.40 Å². The Balaban J connectivity index is 1.93. The molecule has 21 heavy (non-hydrogen) atoms. The normalized spacial score (nSPS) is 11.0. The van der Waals surface area contributed by atoms with Crippen LogP contribution in [-0.2, 0) is 11.3 Å². The number of rotatable bonds is 6. The first-order valence-corrected chi connectivity index (χ1v) is 7.17. The van der Waals surface area contributed by atoms with Gasteiger partial charge in [-0.05, 0) is 0 Å². The van der Waals surface area contributed by atoms with Gasteiger partial charge in [0.15, 0.2) is 10.8 Å². The summed E-state index contributed by atoms with van der Waals surface area (Å²) in [5.41, 5.74) is 0.969. The lowest BCUT2D eigenvalue weighted by atomic mass is 10.4. The zero-order valence-electron chi connectivity index (χ0n) is 11.4. The van der Waals surface area contributed by atoms with E-state index in [9.17, 15) is 0 Å². The van der Waals surface area contributed by atoms with Gasteiger partial charge in [-0.25, -0.2) is 4.98 Å². The molecule has 0 bridgehead atoms. The van der Waals surface area contributed by atoms with Crippen molar-refractivity contribution in [3.05, 3.63) is 29.4 Å². The summed E-state index contributed by atoms with van der Waals surface area (Å²) < 4.78 is 8.56. The van der Waals surface area contributed by atoms with Crippen LogP contribution in [-0.4, -0.2) is 44.4 Å². The van der Waals surface area contributed by atoms with Crippen molar-refractivity contribution in [1.29, 1.82) is 5.26 Å². The molecule has 9 heteroatoms. The minimum absolute atomic E-state index is 0.129. The van der Waals surface area contributed by atoms with E-state index >= 15 is 0 Å². The number of aromatic nitrogens is 5. The number of fused-ring (bicyclic) bond motifs is 1. The number of hydrogen-bond donors (Lipinski definition) is 1. The molecule has 0 saturated carbocycles. The summed E-state index contributed by atoms with van der Waals surface area (Å²) in [5, 5.41) is 18.2. The van der Waals surface area contributed by atoms with Gasteiger partial charge in [0, 0.05) is 31.8 Å². The molecule has 0 radical (unpaired) electrons. The van der Waals surface area contributed by atoms with Crippen LogP contribution >= 0.6 is 11.3 Å². The molecule has 108 valence electrons. The van der Waals surface area contributed by atoms with Crippen LogP contribution in [0, 0.1) is 11.3 Å². The Morgan fingerprint density at radius 2 is 2.43 bits per heavy atom. The maximum Gasteiger partial charge on any atom is 0.252 e. The van der Waals surface area contributed by atoms with Crippen LogP contribution in [0.25, 0.3) is 10.8 Å². The van der Waals surface area contributed by atoms with Crippen LogP contribution in [0.15, 0.2) is 17.9 Å².